The smallest absolute Gasteiger partial charge is 0.147 e. The molecule has 1 rings (SSSR count). The second-order valence-electron chi connectivity index (χ2n) is 3.44. The molecule has 0 bridgehead atoms. The molecule has 1 N–H and O–H groups in total. The minimum absolute atomic E-state index is 0.0788. The number of ether oxygens (including phenoxy) is 1. The van der Waals surface area contributed by atoms with Gasteiger partial charge in [-0.1, -0.05) is 0 Å². The summed E-state index contributed by atoms with van der Waals surface area (Å²) in [6.07, 6.45) is 3.23. The molecule has 0 aromatic carbocycles. The highest BCUT2D eigenvalue weighted by Crippen LogP contribution is 2.10. The number of aromatic nitrogens is 2. The third-order valence-electron chi connectivity index (χ3n) is 2.28. The van der Waals surface area contributed by atoms with E-state index in [1.807, 2.05) is 18.9 Å². The first-order valence-electron chi connectivity index (χ1n) is 4.82. The van der Waals surface area contributed by atoms with E-state index in [-0.39, 0.29) is 12.6 Å². The van der Waals surface area contributed by atoms with Crippen LogP contribution in [0.5, 0.6) is 0 Å². The van der Waals surface area contributed by atoms with Crippen molar-refractivity contribution in [1.29, 1.82) is 0 Å². The molecule has 5 nitrogen and oxygen atoms in total. The van der Waals surface area contributed by atoms with Crippen molar-refractivity contribution in [2.75, 3.05) is 25.7 Å². The van der Waals surface area contributed by atoms with Crippen LogP contribution in [0, 0.1) is 0 Å². The molecule has 0 radical (unpaired) electrons. The molecule has 1 unspecified atom stereocenters. The lowest BCUT2D eigenvalue weighted by Gasteiger charge is -2.24. The van der Waals surface area contributed by atoms with E-state index in [1.54, 1.807) is 19.5 Å². The lowest BCUT2D eigenvalue weighted by molar-refractivity contribution is 0.183. The molecule has 1 atom stereocenters. The summed E-state index contributed by atoms with van der Waals surface area (Å²) < 4.78 is 5.06. The maximum Gasteiger partial charge on any atom is 0.147 e. The molecule has 0 amide bonds. The lowest BCUT2D eigenvalue weighted by atomic mass is 10.3. The molecule has 0 spiro atoms. The van der Waals surface area contributed by atoms with Gasteiger partial charge in [0.1, 0.15) is 5.82 Å². The van der Waals surface area contributed by atoms with Crippen LogP contribution in [0.15, 0.2) is 12.4 Å². The molecule has 1 aromatic rings. The standard InChI is InChI=1S/C10H17N3O2/c1-8(7-15-3)13(2)10-5-11-9(6-14)4-12-10/h4-5,8,14H,6-7H2,1-3H3. The Hall–Kier alpha value is -1.20. The Balaban J connectivity index is 2.69. The van der Waals surface area contributed by atoms with Crippen LogP contribution in [-0.2, 0) is 11.3 Å². The van der Waals surface area contributed by atoms with Gasteiger partial charge in [0.15, 0.2) is 0 Å². The third-order valence-corrected chi connectivity index (χ3v) is 2.28. The zero-order valence-corrected chi connectivity index (χ0v) is 9.34. The van der Waals surface area contributed by atoms with Gasteiger partial charge in [0.2, 0.25) is 0 Å². The highest BCUT2D eigenvalue weighted by molar-refractivity contribution is 5.35. The maximum atomic E-state index is 8.82. The fourth-order valence-electron chi connectivity index (χ4n) is 1.19. The zero-order valence-electron chi connectivity index (χ0n) is 9.34. The molecule has 0 saturated heterocycles. The number of aliphatic hydroxyl groups excluding tert-OH is 1. The zero-order chi connectivity index (χ0) is 11.3. The van der Waals surface area contributed by atoms with E-state index >= 15 is 0 Å². The second kappa shape index (κ2) is 5.63. The number of rotatable bonds is 5. The monoisotopic (exact) mass is 211 g/mol. The molecule has 15 heavy (non-hydrogen) atoms. The Kier molecular flexibility index (Phi) is 4.45. The first kappa shape index (κ1) is 11.9. The maximum absolute atomic E-state index is 8.82. The van der Waals surface area contributed by atoms with E-state index in [4.69, 9.17) is 9.84 Å². The first-order chi connectivity index (χ1) is 7.19. The van der Waals surface area contributed by atoms with E-state index < -0.39 is 0 Å². The van der Waals surface area contributed by atoms with Crippen LogP contribution < -0.4 is 4.90 Å². The van der Waals surface area contributed by atoms with Gasteiger partial charge in [-0.05, 0) is 6.92 Å². The van der Waals surface area contributed by atoms with Gasteiger partial charge in [-0.25, -0.2) is 4.98 Å². The van der Waals surface area contributed by atoms with E-state index in [0.717, 1.165) is 5.82 Å². The van der Waals surface area contributed by atoms with Crippen molar-refractivity contribution in [2.24, 2.45) is 0 Å². The van der Waals surface area contributed by atoms with Gasteiger partial charge < -0.3 is 14.7 Å². The highest BCUT2D eigenvalue weighted by Gasteiger charge is 2.10. The van der Waals surface area contributed by atoms with Crippen LogP contribution in [-0.4, -0.2) is 41.9 Å². The van der Waals surface area contributed by atoms with Crippen molar-refractivity contribution in [3.8, 4) is 0 Å². The molecule has 1 heterocycles. The predicted octanol–water partition coefficient (Wildman–Crippen LogP) is 0.440. The van der Waals surface area contributed by atoms with Gasteiger partial charge in [-0.15, -0.1) is 0 Å². The molecule has 0 aliphatic heterocycles. The third kappa shape index (κ3) is 3.14. The first-order valence-corrected chi connectivity index (χ1v) is 4.82. The van der Waals surface area contributed by atoms with Crippen molar-refractivity contribution < 1.29 is 9.84 Å². The molecule has 0 aliphatic rings. The summed E-state index contributed by atoms with van der Waals surface area (Å²) in [5.41, 5.74) is 0.576. The molecule has 84 valence electrons. The summed E-state index contributed by atoms with van der Waals surface area (Å²) in [5.74, 6) is 0.775. The van der Waals surface area contributed by atoms with Crippen LogP contribution in [0.1, 0.15) is 12.6 Å². The second-order valence-corrected chi connectivity index (χ2v) is 3.44. The fraction of sp³-hybridized carbons (Fsp3) is 0.600. The molecule has 0 saturated carbocycles. The Morgan fingerprint density at radius 3 is 2.67 bits per heavy atom. The topological polar surface area (TPSA) is 58.5 Å². The van der Waals surface area contributed by atoms with E-state index in [2.05, 4.69) is 9.97 Å². The number of anilines is 1. The Bertz CT molecular complexity index is 289. The van der Waals surface area contributed by atoms with Gasteiger partial charge in [-0.2, -0.15) is 0 Å². The highest BCUT2D eigenvalue weighted by atomic mass is 16.5. The summed E-state index contributed by atoms with van der Waals surface area (Å²) in [6, 6.07) is 0.240. The minimum atomic E-state index is -0.0788. The Morgan fingerprint density at radius 1 is 1.47 bits per heavy atom. The molecular formula is C10H17N3O2. The minimum Gasteiger partial charge on any atom is -0.390 e. The molecule has 0 fully saturated rings. The van der Waals surface area contributed by atoms with Gasteiger partial charge in [-0.3, -0.25) is 4.98 Å². The fourth-order valence-corrected chi connectivity index (χ4v) is 1.19. The summed E-state index contributed by atoms with van der Waals surface area (Å²) in [6.45, 7) is 2.61. The number of nitrogens with zero attached hydrogens (tertiary/aromatic N) is 3. The summed E-state index contributed by atoms with van der Waals surface area (Å²) in [4.78, 5) is 10.3. The number of methoxy groups -OCH3 is 1. The normalized spacial score (nSPS) is 12.5. The lowest BCUT2D eigenvalue weighted by Crippen LogP contribution is -2.33. The van der Waals surface area contributed by atoms with Crippen molar-refractivity contribution in [3.05, 3.63) is 18.1 Å². The van der Waals surface area contributed by atoms with Gasteiger partial charge in [0, 0.05) is 14.2 Å². The van der Waals surface area contributed by atoms with Gasteiger partial charge >= 0.3 is 0 Å². The Labute approximate surface area is 89.7 Å². The SMILES string of the molecule is COCC(C)N(C)c1cnc(CO)cn1. The molecule has 5 heteroatoms. The van der Waals surface area contributed by atoms with Gasteiger partial charge in [0.05, 0.1) is 37.3 Å². The summed E-state index contributed by atoms with van der Waals surface area (Å²) >= 11 is 0. The summed E-state index contributed by atoms with van der Waals surface area (Å²) in [5, 5.41) is 8.82. The van der Waals surface area contributed by atoms with Crippen LogP contribution in [0.2, 0.25) is 0 Å². The van der Waals surface area contributed by atoms with Crippen molar-refractivity contribution in [3.63, 3.8) is 0 Å². The van der Waals surface area contributed by atoms with E-state index in [1.165, 1.54) is 0 Å². The van der Waals surface area contributed by atoms with Crippen LogP contribution in [0.4, 0.5) is 5.82 Å². The quantitative estimate of drug-likeness (QED) is 0.766. The number of hydrogen-bond acceptors (Lipinski definition) is 5. The van der Waals surface area contributed by atoms with E-state index in [9.17, 15) is 0 Å². The van der Waals surface area contributed by atoms with E-state index in [0.29, 0.717) is 12.3 Å². The number of likely N-dealkylation sites (N-methyl/N-ethyl adjacent to an activating group) is 1. The Morgan fingerprint density at radius 2 is 2.20 bits per heavy atom. The average molecular weight is 211 g/mol. The largest absolute Gasteiger partial charge is 0.390 e. The van der Waals surface area contributed by atoms with Crippen LogP contribution in [0.25, 0.3) is 0 Å². The molecule has 0 aliphatic carbocycles. The van der Waals surface area contributed by atoms with Crippen molar-refractivity contribution >= 4 is 5.82 Å². The average Bonchev–Trinajstić information content (AvgIpc) is 2.28. The van der Waals surface area contributed by atoms with Crippen molar-refractivity contribution in [2.45, 2.75) is 19.6 Å². The van der Waals surface area contributed by atoms with Gasteiger partial charge in [0.25, 0.3) is 0 Å². The van der Waals surface area contributed by atoms with Crippen LogP contribution in [0.3, 0.4) is 0 Å². The molecular weight excluding hydrogens is 194 g/mol. The predicted molar refractivity (Wildman–Crippen MR) is 57.7 cm³/mol. The summed E-state index contributed by atoms with van der Waals surface area (Å²) in [7, 11) is 3.61. The van der Waals surface area contributed by atoms with Crippen LogP contribution >= 0.6 is 0 Å². The molecule has 1 aromatic heterocycles. The van der Waals surface area contributed by atoms with Crippen molar-refractivity contribution in [1.82, 2.24) is 9.97 Å². The number of hydrogen-bond donors (Lipinski definition) is 1. The number of aliphatic hydroxyl groups is 1.